The zero-order chi connectivity index (χ0) is 12.8. The first-order valence-corrected chi connectivity index (χ1v) is 7.32. The smallest absolute Gasteiger partial charge is 0.133 e. The third-order valence-electron chi connectivity index (χ3n) is 4.18. The van der Waals surface area contributed by atoms with Gasteiger partial charge in [0.2, 0.25) is 0 Å². The van der Waals surface area contributed by atoms with Gasteiger partial charge in [-0.25, -0.2) is 0 Å². The first-order chi connectivity index (χ1) is 8.75. The first-order valence-electron chi connectivity index (χ1n) is 7.32. The lowest BCUT2D eigenvalue weighted by Crippen LogP contribution is -2.12. The van der Waals surface area contributed by atoms with E-state index in [9.17, 15) is 4.79 Å². The summed E-state index contributed by atoms with van der Waals surface area (Å²) < 4.78 is 0. The van der Waals surface area contributed by atoms with Gasteiger partial charge in [-0.1, -0.05) is 56.4 Å². The molecule has 0 bridgehead atoms. The monoisotopic (exact) mass is 244 g/mol. The molecule has 18 heavy (non-hydrogen) atoms. The van der Waals surface area contributed by atoms with Crippen molar-refractivity contribution in [3.05, 3.63) is 35.4 Å². The summed E-state index contributed by atoms with van der Waals surface area (Å²) in [6.45, 7) is 2.13. The van der Waals surface area contributed by atoms with Crippen LogP contribution < -0.4 is 0 Å². The first kappa shape index (κ1) is 13.3. The number of hydrogen-bond acceptors (Lipinski definition) is 1. The fourth-order valence-corrected chi connectivity index (χ4v) is 2.98. The zero-order valence-electron chi connectivity index (χ0n) is 11.5. The Morgan fingerprint density at radius 3 is 2.61 bits per heavy atom. The maximum atomic E-state index is 12.0. The number of ketones is 1. The van der Waals surface area contributed by atoms with Crippen molar-refractivity contribution in [2.24, 2.45) is 5.92 Å². The van der Waals surface area contributed by atoms with E-state index in [1.807, 2.05) is 0 Å². The highest BCUT2D eigenvalue weighted by Crippen LogP contribution is 2.27. The van der Waals surface area contributed by atoms with Gasteiger partial charge in [-0.3, -0.25) is 4.79 Å². The van der Waals surface area contributed by atoms with Crippen molar-refractivity contribution >= 4 is 5.78 Å². The van der Waals surface area contributed by atoms with Crippen LogP contribution in [0.4, 0.5) is 0 Å². The molecule has 1 nitrogen and oxygen atoms in total. The maximum Gasteiger partial charge on any atom is 0.133 e. The molecule has 98 valence electrons. The second-order valence-corrected chi connectivity index (χ2v) is 5.67. The predicted octanol–water partition coefficient (Wildman–Crippen LogP) is 4.47. The average Bonchev–Trinajstić information content (AvgIpc) is 2.39. The van der Waals surface area contributed by atoms with E-state index in [-0.39, 0.29) is 0 Å². The molecule has 1 saturated carbocycles. The Morgan fingerprint density at radius 2 is 1.89 bits per heavy atom. The van der Waals surface area contributed by atoms with E-state index >= 15 is 0 Å². The van der Waals surface area contributed by atoms with E-state index in [4.69, 9.17) is 0 Å². The fourth-order valence-electron chi connectivity index (χ4n) is 2.98. The van der Waals surface area contributed by atoms with Gasteiger partial charge >= 0.3 is 0 Å². The van der Waals surface area contributed by atoms with Crippen molar-refractivity contribution in [1.29, 1.82) is 0 Å². The summed E-state index contributed by atoms with van der Waals surface area (Å²) in [5, 5.41) is 0. The molecule has 0 atom stereocenters. The Labute approximate surface area is 111 Å². The van der Waals surface area contributed by atoms with Crippen molar-refractivity contribution in [2.75, 3.05) is 0 Å². The molecule has 0 spiro atoms. The van der Waals surface area contributed by atoms with E-state index < -0.39 is 0 Å². The van der Waals surface area contributed by atoms with Gasteiger partial charge in [-0.15, -0.1) is 0 Å². The minimum atomic E-state index is 0.463. The molecule has 0 aliphatic heterocycles. The quantitative estimate of drug-likeness (QED) is 0.747. The molecular weight excluding hydrogens is 220 g/mol. The minimum Gasteiger partial charge on any atom is -0.300 e. The summed E-state index contributed by atoms with van der Waals surface area (Å²) in [6.07, 6.45) is 9.04. The lowest BCUT2D eigenvalue weighted by molar-refractivity contribution is -0.120. The molecule has 0 heterocycles. The van der Waals surface area contributed by atoms with Crippen LogP contribution in [0.15, 0.2) is 24.3 Å². The van der Waals surface area contributed by atoms with Gasteiger partial charge in [-0.2, -0.15) is 0 Å². The summed E-state index contributed by atoms with van der Waals surface area (Å²) in [7, 11) is 0. The van der Waals surface area contributed by atoms with Crippen LogP contribution >= 0.6 is 0 Å². The molecule has 1 aromatic rings. The second-order valence-electron chi connectivity index (χ2n) is 5.67. The van der Waals surface area contributed by atoms with Gasteiger partial charge in [0, 0.05) is 12.8 Å². The van der Waals surface area contributed by atoms with Gasteiger partial charge in [-0.05, 0) is 30.4 Å². The normalized spacial score (nSPS) is 16.7. The van der Waals surface area contributed by atoms with Crippen LogP contribution in [-0.2, 0) is 11.2 Å². The van der Waals surface area contributed by atoms with Crippen molar-refractivity contribution in [3.63, 3.8) is 0 Å². The molecule has 2 rings (SSSR count). The maximum absolute atomic E-state index is 12.0. The molecule has 0 saturated heterocycles. The van der Waals surface area contributed by atoms with Gasteiger partial charge < -0.3 is 0 Å². The van der Waals surface area contributed by atoms with E-state index in [0.717, 1.165) is 19.3 Å². The van der Waals surface area contributed by atoms with E-state index in [2.05, 4.69) is 31.2 Å². The number of carbonyl (C=O) groups excluding carboxylic acids is 1. The summed E-state index contributed by atoms with van der Waals surface area (Å²) in [5.41, 5.74) is 2.64. The average molecular weight is 244 g/mol. The summed E-state index contributed by atoms with van der Waals surface area (Å²) in [5.74, 6) is 1.15. The third kappa shape index (κ3) is 3.97. The third-order valence-corrected chi connectivity index (χ3v) is 4.18. The Balaban J connectivity index is 1.76. The van der Waals surface area contributed by atoms with E-state index in [1.54, 1.807) is 0 Å². The minimum absolute atomic E-state index is 0.463. The van der Waals surface area contributed by atoms with Crippen LogP contribution in [0, 0.1) is 12.8 Å². The van der Waals surface area contributed by atoms with Crippen molar-refractivity contribution < 1.29 is 4.79 Å². The molecule has 1 aromatic carbocycles. The summed E-state index contributed by atoms with van der Waals surface area (Å²) in [6, 6.07) is 8.39. The Morgan fingerprint density at radius 1 is 1.17 bits per heavy atom. The molecule has 1 aliphatic rings. The summed E-state index contributed by atoms with van der Waals surface area (Å²) in [4.78, 5) is 12.0. The highest BCUT2D eigenvalue weighted by molar-refractivity contribution is 5.78. The number of aryl methyl sites for hydroxylation is 2. The standard InChI is InChI=1S/C17H24O/c1-14-7-5-6-10-16(14)11-12-17(18)13-15-8-3-2-4-9-15/h5-7,10,15H,2-4,8-9,11-13H2,1H3. The Bertz CT molecular complexity index is 388. The molecule has 0 aromatic heterocycles. The van der Waals surface area contributed by atoms with Crippen LogP contribution in [0.2, 0.25) is 0 Å². The van der Waals surface area contributed by atoms with Crippen molar-refractivity contribution in [3.8, 4) is 0 Å². The highest BCUT2D eigenvalue weighted by atomic mass is 16.1. The number of Topliss-reactive ketones (excluding diaryl/α,β-unsaturated/α-hetero) is 1. The number of rotatable bonds is 5. The van der Waals surface area contributed by atoms with E-state index in [1.165, 1.54) is 43.2 Å². The van der Waals surface area contributed by atoms with Gasteiger partial charge in [0.15, 0.2) is 0 Å². The number of hydrogen-bond donors (Lipinski definition) is 0. The number of carbonyl (C=O) groups is 1. The largest absolute Gasteiger partial charge is 0.300 e. The SMILES string of the molecule is Cc1ccccc1CCC(=O)CC1CCCCC1. The highest BCUT2D eigenvalue weighted by Gasteiger charge is 2.16. The molecular formula is C17H24O. The second kappa shape index (κ2) is 6.72. The molecule has 0 unspecified atom stereocenters. The molecule has 1 aliphatic carbocycles. The molecule has 0 amide bonds. The molecule has 0 radical (unpaired) electrons. The van der Waals surface area contributed by atoms with E-state index in [0.29, 0.717) is 11.7 Å². The van der Waals surface area contributed by atoms with Gasteiger partial charge in [0.25, 0.3) is 0 Å². The van der Waals surface area contributed by atoms with Crippen LogP contribution in [0.3, 0.4) is 0 Å². The van der Waals surface area contributed by atoms with Crippen molar-refractivity contribution in [1.82, 2.24) is 0 Å². The van der Waals surface area contributed by atoms with Crippen LogP contribution in [-0.4, -0.2) is 5.78 Å². The van der Waals surface area contributed by atoms with Crippen molar-refractivity contribution in [2.45, 2.75) is 58.3 Å². The van der Waals surface area contributed by atoms with Crippen LogP contribution in [0.1, 0.15) is 56.1 Å². The number of benzene rings is 1. The lowest BCUT2D eigenvalue weighted by atomic mass is 9.85. The molecule has 0 N–H and O–H groups in total. The fraction of sp³-hybridized carbons (Fsp3) is 0.588. The molecule has 1 heteroatoms. The Hall–Kier alpha value is -1.11. The molecule has 1 fully saturated rings. The van der Waals surface area contributed by atoms with Crippen LogP contribution in [0.5, 0.6) is 0 Å². The van der Waals surface area contributed by atoms with Gasteiger partial charge in [0.05, 0.1) is 0 Å². The lowest BCUT2D eigenvalue weighted by Gasteiger charge is -2.20. The predicted molar refractivity (Wildman–Crippen MR) is 75.7 cm³/mol. The Kier molecular flexibility index (Phi) is 4.98. The van der Waals surface area contributed by atoms with Crippen LogP contribution in [0.25, 0.3) is 0 Å². The zero-order valence-corrected chi connectivity index (χ0v) is 11.5. The van der Waals surface area contributed by atoms with Gasteiger partial charge in [0.1, 0.15) is 5.78 Å². The summed E-state index contributed by atoms with van der Waals surface area (Å²) >= 11 is 0. The topological polar surface area (TPSA) is 17.1 Å².